The molecule has 8 heteroatoms. The number of nitro benzene ring substituents is 2. The molecule has 2 aromatic carbocycles. The molecule has 0 saturated carbocycles. The lowest BCUT2D eigenvalue weighted by Crippen LogP contribution is -2.00. The van der Waals surface area contributed by atoms with E-state index in [9.17, 15) is 20.2 Å². The van der Waals surface area contributed by atoms with Crippen LogP contribution in [0.5, 0.6) is 0 Å². The van der Waals surface area contributed by atoms with Gasteiger partial charge in [0.1, 0.15) is 5.69 Å². The maximum Gasteiger partial charge on any atom is 0.301 e. The van der Waals surface area contributed by atoms with E-state index in [1.54, 1.807) is 6.21 Å². The fourth-order valence-corrected chi connectivity index (χ4v) is 2.44. The average molecular weight is 328 g/mol. The number of nitrogens with one attached hydrogen (secondary N) is 1. The molecule has 24 heavy (non-hydrogen) atoms. The van der Waals surface area contributed by atoms with Crippen LogP contribution in [0.15, 0.2) is 35.4 Å². The van der Waals surface area contributed by atoms with Crippen molar-refractivity contribution in [3.05, 3.63) is 72.8 Å². The zero-order chi connectivity index (χ0) is 17.9. The number of aryl methyl sites for hydroxylation is 3. The number of non-ortho nitro benzene ring substituents is 1. The van der Waals surface area contributed by atoms with Crippen molar-refractivity contribution in [2.75, 3.05) is 5.43 Å². The van der Waals surface area contributed by atoms with Crippen molar-refractivity contribution < 1.29 is 9.85 Å². The number of rotatable bonds is 5. The van der Waals surface area contributed by atoms with E-state index in [1.807, 2.05) is 32.9 Å². The van der Waals surface area contributed by atoms with Crippen molar-refractivity contribution in [2.24, 2.45) is 5.10 Å². The number of benzene rings is 2. The van der Waals surface area contributed by atoms with Crippen LogP contribution in [-0.4, -0.2) is 16.1 Å². The second-order valence-electron chi connectivity index (χ2n) is 5.40. The molecule has 2 rings (SSSR count). The van der Waals surface area contributed by atoms with Gasteiger partial charge >= 0.3 is 5.69 Å². The highest BCUT2D eigenvalue weighted by molar-refractivity contribution is 5.84. The topological polar surface area (TPSA) is 111 Å². The molecule has 0 saturated heterocycles. The number of hydrogen-bond acceptors (Lipinski definition) is 6. The minimum Gasteiger partial charge on any atom is -0.272 e. The lowest BCUT2D eigenvalue weighted by molar-refractivity contribution is -0.393. The summed E-state index contributed by atoms with van der Waals surface area (Å²) in [5.41, 5.74) is 6.05. The minimum atomic E-state index is -0.687. The Balaban J connectivity index is 2.29. The van der Waals surface area contributed by atoms with Crippen molar-refractivity contribution in [3.63, 3.8) is 0 Å². The Hall–Kier alpha value is -3.29. The third kappa shape index (κ3) is 3.72. The first kappa shape index (κ1) is 17.1. The van der Waals surface area contributed by atoms with Gasteiger partial charge in [-0.1, -0.05) is 17.7 Å². The fourth-order valence-electron chi connectivity index (χ4n) is 2.44. The summed E-state index contributed by atoms with van der Waals surface area (Å²) < 4.78 is 0. The maximum absolute atomic E-state index is 11.1. The van der Waals surface area contributed by atoms with Crippen molar-refractivity contribution >= 4 is 23.3 Å². The molecule has 0 aliphatic heterocycles. The minimum absolute atomic E-state index is 0.0873. The van der Waals surface area contributed by atoms with Crippen molar-refractivity contribution in [1.29, 1.82) is 0 Å². The lowest BCUT2D eigenvalue weighted by atomic mass is 10.0. The summed E-state index contributed by atoms with van der Waals surface area (Å²) in [5.74, 6) is 0. The monoisotopic (exact) mass is 328 g/mol. The van der Waals surface area contributed by atoms with Gasteiger partial charge in [0, 0.05) is 11.6 Å². The van der Waals surface area contributed by atoms with E-state index >= 15 is 0 Å². The van der Waals surface area contributed by atoms with Gasteiger partial charge in [0.15, 0.2) is 0 Å². The Labute approximate surface area is 138 Å². The smallest absolute Gasteiger partial charge is 0.272 e. The van der Waals surface area contributed by atoms with Crippen LogP contribution in [0.3, 0.4) is 0 Å². The molecule has 124 valence electrons. The zero-order valence-electron chi connectivity index (χ0n) is 13.4. The highest BCUT2D eigenvalue weighted by Gasteiger charge is 2.19. The lowest BCUT2D eigenvalue weighted by Gasteiger charge is -2.07. The molecule has 0 fully saturated rings. The van der Waals surface area contributed by atoms with Crippen LogP contribution in [0.1, 0.15) is 22.3 Å². The van der Waals surface area contributed by atoms with Gasteiger partial charge in [0.05, 0.1) is 22.1 Å². The van der Waals surface area contributed by atoms with Gasteiger partial charge in [0.2, 0.25) is 0 Å². The van der Waals surface area contributed by atoms with E-state index in [4.69, 9.17) is 0 Å². The largest absolute Gasteiger partial charge is 0.301 e. The third-order valence-corrected chi connectivity index (χ3v) is 3.51. The normalized spacial score (nSPS) is 10.8. The molecule has 0 aliphatic carbocycles. The van der Waals surface area contributed by atoms with Crippen LogP contribution in [0.25, 0.3) is 0 Å². The van der Waals surface area contributed by atoms with Crippen molar-refractivity contribution in [1.82, 2.24) is 0 Å². The van der Waals surface area contributed by atoms with Crippen LogP contribution < -0.4 is 5.43 Å². The third-order valence-electron chi connectivity index (χ3n) is 3.51. The second kappa shape index (κ2) is 6.86. The predicted molar refractivity (Wildman–Crippen MR) is 91.6 cm³/mol. The highest BCUT2D eigenvalue weighted by atomic mass is 16.6. The van der Waals surface area contributed by atoms with E-state index in [0.717, 1.165) is 28.3 Å². The van der Waals surface area contributed by atoms with E-state index in [1.165, 1.54) is 12.1 Å². The first-order valence-electron chi connectivity index (χ1n) is 7.09. The number of nitrogens with zero attached hydrogens (tertiary/aromatic N) is 3. The summed E-state index contributed by atoms with van der Waals surface area (Å²) in [5, 5.41) is 25.8. The molecule has 0 bridgehead atoms. The summed E-state index contributed by atoms with van der Waals surface area (Å²) in [6.07, 6.45) is 1.58. The molecular formula is C16H16N4O4. The molecule has 0 spiro atoms. The first-order chi connectivity index (χ1) is 11.3. The zero-order valence-corrected chi connectivity index (χ0v) is 13.4. The first-order valence-corrected chi connectivity index (χ1v) is 7.09. The van der Waals surface area contributed by atoms with E-state index < -0.39 is 15.5 Å². The average Bonchev–Trinajstić information content (AvgIpc) is 2.49. The SMILES string of the molecule is Cc1cc(C)c(/C=N\Nc2ccc([N+](=O)[O-])cc2[N+](=O)[O-])c(C)c1. The molecule has 0 radical (unpaired) electrons. The van der Waals surface area contributed by atoms with Gasteiger partial charge in [-0.05, 0) is 38.0 Å². The number of nitro groups is 2. The summed E-state index contributed by atoms with van der Waals surface area (Å²) in [7, 11) is 0. The van der Waals surface area contributed by atoms with E-state index in [-0.39, 0.29) is 11.4 Å². The van der Waals surface area contributed by atoms with E-state index in [2.05, 4.69) is 10.5 Å². The summed E-state index contributed by atoms with van der Waals surface area (Å²) >= 11 is 0. The Morgan fingerprint density at radius 3 is 2.17 bits per heavy atom. The van der Waals surface area contributed by atoms with Crippen molar-refractivity contribution in [2.45, 2.75) is 20.8 Å². The Kier molecular flexibility index (Phi) is 4.88. The van der Waals surface area contributed by atoms with Gasteiger partial charge in [0.25, 0.3) is 5.69 Å². The van der Waals surface area contributed by atoms with Crippen LogP contribution >= 0.6 is 0 Å². The molecule has 0 aromatic heterocycles. The molecule has 8 nitrogen and oxygen atoms in total. The molecule has 0 atom stereocenters. The van der Waals surface area contributed by atoms with Crippen LogP contribution in [-0.2, 0) is 0 Å². The Bertz CT molecular complexity index is 823. The highest BCUT2D eigenvalue weighted by Crippen LogP contribution is 2.28. The van der Waals surface area contributed by atoms with Gasteiger partial charge in [-0.25, -0.2) is 0 Å². The standard InChI is InChI=1S/C16H16N4O4/c1-10-6-11(2)14(12(3)7-10)9-17-18-15-5-4-13(19(21)22)8-16(15)20(23)24/h4-9,18H,1-3H3/b17-9-. The Morgan fingerprint density at radius 1 is 1.00 bits per heavy atom. The molecule has 0 heterocycles. The van der Waals surface area contributed by atoms with Gasteiger partial charge < -0.3 is 0 Å². The fraction of sp³-hybridized carbons (Fsp3) is 0.188. The number of hydrogen-bond donors (Lipinski definition) is 1. The van der Waals surface area contributed by atoms with E-state index in [0.29, 0.717) is 0 Å². The molecular weight excluding hydrogens is 312 g/mol. The summed E-state index contributed by atoms with van der Waals surface area (Å²) in [4.78, 5) is 20.4. The van der Waals surface area contributed by atoms with Crippen LogP contribution in [0.2, 0.25) is 0 Å². The molecule has 2 aromatic rings. The maximum atomic E-state index is 11.1. The molecule has 0 amide bonds. The molecule has 0 aliphatic rings. The number of anilines is 1. The molecule has 0 unspecified atom stereocenters. The summed E-state index contributed by atoms with van der Waals surface area (Å²) in [6, 6.07) is 7.39. The Morgan fingerprint density at radius 2 is 1.62 bits per heavy atom. The van der Waals surface area contributed by atoms with Gasteiger partial charge in [-0.2, -0.15) is 5.10 Å². The van der Waals surface area contributed by atoms with Gasteiger partial charge in [-0.15, -0.1) is 0 Å². The quantitative estimate of drug-likeness (QED) is 0.509. The summed E-state index contributed by atoms with van der Waals surface area (Å²) in [6.45, 7) is 5.91. The van der Waals surface area contributed by atoms with Gasteiger partial charge in [-0.3, -0.25) is 25.7 Å². The number of hydrazone groups is 1. The molecule has 1 N–H and O–H groups in total. The van der Waals surface area contributed by atoms with Crippen LogP contribution in [0, 0.1) is 41.0 Å². The van der Waals surface area contributed by atoms with Crippen LogP contribution in [0.4, 0.5) is 17.1 Å². The predicted octanol–water partition coefficient (Wildman–Crippen LogP) is 3.87. The second-order valence-corrected chi connectivity index (χ2v) is 5.40. The van der Waals surface area contributed by atoms with Crippen molar-refractivity contribution in [3.8, 4) is 0 Å².